The molecule has 0 spiro atoms. The Kier molecular flexibility index (Phi) is 3.57. The number of hydrogen-bond donors (Lipinski definition) is 0. The molecule has 0 nitrogen and oxygen atoms in total. The maximum absolute atomic E-state index is 3.49. The fourth-order valence-corrected chi connectivity index (χ4v) is 3.92. The maximum Gasteiger partial charge on any atom is 0.0355 e. The summed E-state index contributed by atoms with van der Waals surface area (Å²) >= 11 is 5.34. The lowest BCUT2D eigenvalue weighted by Crippen LogP contribution is -1.75. The zero-order chi connectivity index (χ0) is 14.9. The summed E-state index contributed by atoms with van der Waals surface area (Å²) in [7, 11) is 0. The SMILES string of the molecule is Brc1ccc(-c2cc3cc(-c4ccccc4)ccc3s2)cc1. The highest BCUT2D eigenvalue weighted by Crippen LogP contribution is 2.36. The molecule has 0 bridgehead atoms. The molecule has 22 heavy (non-hydrogen) atoms. The van der Waals surface area contributed by atoms with Crippen molar-refractivity contribution >= 4 is 37.4 Å². The molecule has 0 radical (unpaired) electrons. The highest BCUT2D eigenvalue weighted by atomic mass is 79.9. The van der Waals surface area contributed by atoms with Crippen LogP contribution in [0.25, 0.3) is 31.7 Å². The average Bonchev–Trinajstić information content (AvgIpc) is 2.99. The Labute approximate surface area is 142 Å². The van der Waals surface area contributed by atoms with Crippen LogP contribution in [0.2, 0.25) is 0 Å². The zero-order valence-electron chi connectivity index (χ0n) is 11.8. The van der Waals surface area contributed by atoms with Crippen molar-refractivity contribution in [2.75, 3.05) is 0 Å². The Bertz CT molecular complexity index is 921. The first-order valence-corrected chi connectivity index (χ1v) is 8.75. The van der Waals surface area contributed by atoms with Gasteiger partial charge < -0.3 is 0 Å². The fourth-order valence-electron chi connectivity index (χ4n) is 2.61. The van der Waals surface area contributed by atoms with Crippen molar-refractivity contribution in [2.24, 2.45) is 0 Å². The van der Waals surface area contributed by atoms with Crippen molar-refractivity contribution in [1.29, 1.82) is 0 Å². The molecule has 2 heteroatoms. The lowest BCUT2D eigenvalue weighted by Gasteiger charge is -2.00. The third-order valence-corrected chi connectivity index (χ3v) is 5.45. The monoisotopic (exact) mass is 364 g/mol. The maximum atomic E-state index is 3.49. The summed E-state index contributed by atoms with van der Waals surface area (Å²) in [6, 6.07) is 28.0. The van der Waals surface area contributed by atoms with Crippen LogP contribution in [0.4, 0.5) is 0 Å². The molecule has 4 rings (SSSR count). The van der Waals surface area contributed by atoms with Crippen LogP contribution in [0.3, 0.4) is 0 Å². The molecule has 1 heterocycles. The quantitative estimate of drug-likeness (QED) is 0.359. The second kappa shape index (κ2) is 5.71. The van der Waals surface area contributed by atoms with Gasteiger partial charge in [0.15, 0.2) is 0 Å². The summed E-state index contributed by atoms with van der Waals surface area (Å²) in [4.78, 5) is 1.31. The van der Waals surface area contributed by atoms with Gasteiger partial charge in [0.05, 0.1) is 0 Å². The Morgan fingerprint density at radius 2 is 1.36 bits per heavy atom. The average molecular weight is 365 g/mol. The van der Waals surface area contributed by atoms with Crippen LogP contribution in [0.15, 0.2) is 83.3 Å². The largest absolute Gasteiger partial charge is 0.135 e. The van der Waals surface area contributed by atoms with Crippen molar-refractivity contribution in [2.45, 2.75) is 0 Å². The van der Waals surface area contributed by atoms with Crippen molar-refractivity contribution in [3.8, 4) is 21.6 Å². The summed E-state index contributed by atoms with van der Waals surface area (Å²) in [5, 5.41) is 1.31. The Balaban J connectivity index is 1.80. The van der Waals surface area contributed by atoms with Gasteiger partial charge in [0.25, 0.3) is 0 Å². The second-order valence-corrected chi connectivity index (χ2v) is 7.24. The van der Waals surface area contributed by atoms with E-state index in [1.807, 2.05) is 11.3 Å². The van der Waals surface area contributed by atoms with E-state index in [-0.39, 0.29) is 0 Å². The van der Waals surface area contributed by atoms with Crippen LogP contribution in [0.1, 0.15) is 0 Å². The van der Waals surface area contributed by atoms with Gasteiger partial charge in [-0.15, -0.1) is 11.3 Å². The lowest BCUT2D eigenvalue weighted by atomic mass is 10.0. The molecule has 0 saturated carbocycles. The van der Waals surface area contributed by atoms with E-state index in [2.05, 4.69) is 94.8 Å². The van der Waals surface area contributed by atoms with Gasteiger partial charge >= 0.3 is 0 Å². The summed E-state index contributed by atoms with van der Waals surface area (Å²) in [5.74, 6) is 0. The topological polar surface area (TPSA) is 0 Å². The molecule has 0 aliphatic carbocycles. The molecule has 0 aliphatic rings. The zero-order valence-corrected chi connectivity index (χ0v) is 14.2. The smallest absolute Gasteiger partial charge is 0.0355 e. The minimum atomic E-state index is 1.11. The number of benzene rings is 3. The molecule has 0 saturated heterocycles. The Hall–Kier alpha value is -1.90. The molecule has 3 aromatic carbocycles. The van der Waals surface area contributed by atoms with Crippen LogP contribution in [-0.4, -0.2) is 0 Å². The molecule has 106 valence electrons. The number of halogens is 1. The van der Waals surface area contributed by atoms with Crippen molar-refractivity contribution in [3.63, 3.8) is 0 Å². The predicted octanol–water partition coefficient (Wildman–Crippen LogP) is 7.00. The molecule has 0 amide bonds. The van der Waals surface area contributed by atoms with Crippen molar-refractivity contribution in [1.82, 2.24) is 0 Å². The van der Waals surface area contributed by atoms with Crippen molar-refractivity contribution < 1.29 is 0 Å². The molecule has 0 atom stereocenters. The minimum Gasteiger partial charge on any atom is -0.135 e. The molecule has 0 unspecified atom stereocenters. The number of fused-ring (bicyclic) bond motifs is 1. The van der Waals surface area contributed by atoms with Crippen LogP contribution in [-0.2, 0) is 0 Å². The molecule has 0 N–H and O–H groups in total. The molecule has 0 fully saturated rings. The van der Waals surface area contributed by atoms with E-state index in [9.17, 15) is 0 Å². The molecular weight excluding hydrogens is 352 g/mol. The van der Waals surface area contributed by atoms with E-state index in [1.165, 1.54) is 31.7 Å². The van der Waals surface area contributed by atoms with Gasteiger partial charge in [-0.3, -0.25) is 0 Å². The van der Waals surface area contributed by atoms with Gasteiger partial charge in [-0.05, 0) is 52.4 Å². The van der Waals surface area contributed by atoms with Crippen LogP contribution in [0.5, 0.6) is 0 Å². The van der Waals surface area contributed by atoms with Gasteiger partial charge in [-0.25, -0.2) is 0 Å². The molecule has 0 aliphatic heterocycles. The molecular formula is C20H13BrS. The molecule has 1 aromatic heterocycles. The minimum absolute atomic E-state index is 1.11. The summed E-state index contributed by atoms with van der Waals surface area (Å²) in [6.45, 7) is 0. The Morgan fingerprint density at radius 3 is 2.14 bits per heavy atom. The van der Waals surface area contributed by atoms with Crippen molar-refractivity contribution in [3.05, 3.63) is 83.3 Å². The third-order valence-electron chi connectivity index (χ3n) is 3.75. The van der Waals surface area contributed by atoms with E-state index in [0.717, 1.165) is 4.47 Å². The standard InChI is InChI=1S/C20H13BrS/c21-18-9-6-15(7-10-18)20-13-17-12-16(8-11-19(17)22-20)14-4-2-1-3-5-14/h1-13H. The van der Waals surface area contributed by atoms with E-state index >= 15 is 0 Å². The fraction of sp³-hybridized carbons (Fsp3) is 0. The van der Waals surface area contributed by atoms with E-state index in [4.69, 9.17) is 0 Å². The summed E-state index contributed by atoms with van der Waals surface area (Å²) in [5.41, 5.74) is 3.81. The first kappa shape index (κ1) is 13.7. The highest BCUT2D eigenvalue weighted by Gasteiger charge is 2.06. The summed E-state index contributed by atoms with van der Waals surface area (Å²) in [6.07, 6.45) is 0. The molecule has 4 aromatic rings. The number of rotatable bonds is 2. The predicted molar refractivity (Wildman–Crippen MR) is 100 cm³/mol. The second-order valence-electron chi connectivity index (χ2n) is 5.24. The summed E-state index contributed by atoms with van der Waals surface area (Å²) < 4.78 is 2.45. The van der Waals surface area contributed by atoms with E-state index < -0.39 is 0 Å². The van der Waals surface area contributed by atoms with Gasteiger partial charge in [-0.2, -0.15) is 0 Å². The van der Waals surface area contributed by atoms with E-state index in [0.29, 0.717) is 0 Å². The van der Waals surface area contributed by atoms with Gasteiger partial charge in [0, 0.05) is 14.0 Å². The van der Waals surface area contributed by atoms with Gasteiger partial charge in [0.2, 0.25) is 0 Å². The van der Waals surface area contributed by atoms with Crippen LogP contribution < -0.4 is 0 Å². The normalized spacial score (nSPS) is 11.0. The van der Waals surface area contributed by atoms with E-state index in [1.54, 1.807) is 0 Å². The Morgan fingerprint density at radius 1 is 0.636 bits per heavy atom. The first-order chi connectivity index (χ1) is 10.8. The van der Waals surface area contributed by atoms with Gasteiger partial charge in [0.1, 0.15) is 0 Å². The third kappa shape index (κ3) is 2.60. The number of hydrogen-bond acceptors (Lipinski definition) is 1. The van der Waals surface area contributed by atoms with Crippen LogP contribution >= 0.6 is 27.3 Å². The van der Waals surface area contributed by atoms with Gasteiger partial charge in [-0.1, -0.05) is 64.5 Å². The lowest BCUT2D eigenvalue weighted by molar-refractivity contribution is 1.64. The first-order valence-electron chi connectivity index (χ1n) is 7.14. The highest BCUT2D eigenvalue weighted by molar-refractivity contribution is 9.10. The van der Waals surface area contributed by atoms with Crippen LogP contribution in [0, 0.1) is 0 Å². The number of thiophene rings is 1.